The van der Waals surface area contributed by atoms with E-state index in [2.05, 4.69) is 11.8 Å². The maximum absolute atomic E-state index is 5.64. The molecule has 0 aromatic heterocycles. The van der Waals surface area contributed by atoms with E-state index in [0.717, 1.165) is 13.1 Å². The molecule has 1 aliphatic rings. The summed E-state index contributed by atoms with van der Waals surface area (Å²) in [6, 6.07) is 0. The highest BCUT2D eigenvalue weighted by Crippen LogP contribution is 2.13. The van der Waals surface area contributed by atoms with Crippen LogP contribution >= 0.6 is 0 Å². The molecule has 1 saturated heterocycles. The smallest absolute Gasteiger partial charge is 0.156 e. The lowest BCUT2D eigenvalue weighted by molar-refractivity contribution is -0.182. The molecule has 1 rings (SSSR count). The van der Waals surface area contributed by atoms with Gasteiger partial charge in [-0.15, -0.1) is 0 Å². The Bertz CT molecular complexity index is 135. The monoisotopic (exact) mass is 187 g/mol. The lowest BCUT2D eigenvalue weighted by atomic mass is 10.1. The second kappa shape index (κ2) is 5.58. The summed E-state index contributed by atoms with van der Waals surface area (Å²) in [4.78, 5) is 2.37. The average Bonchev–Trinajstić information content (AvgIpc) is 2.19. The summed E-state index contributed by atoms with van der Waals surface area (Å²) < 4.78 is 10.7. The number of hydrogen-bond donors (Lipinski definition) is 0. The second-order valence-electron chi connectivity index (χ2n) is 3.64. The highest BCUT2D eigenvalue weighted by molar-refractivity contribution is 4.65. The Balaban J connectivity index is 2.24. The third kappa shape index (κ3) is 3.63. The van der Waals surface area contributed by atoms with Gasteiger partial charge in [-0.1, -0.05) is 6.42 Å². The largest absolute Gasteiger partial charge is 0.356 e. The van der Waals surface area contributed by atoms with Gasteiger partial charge in [-0.05, 0) is 26.7 Å². The molecule has 0 amide bonds. The highest BCUT2D eigenvalue weighted by Gasteiger charge is 2.18. The fourth-order valence-corrected chi connectivity index (χ4v) is 1.70. The number of rotatable bonds is 4. The molecule has 1 heterocycles. The average molecular weight is 187 g/mol. The zero-order valence-corrected chi connectivity index (χ0v) is 8.95. The van der Waals surface area contributed by atoms with E-state index in [1.807, 2.05) is 6.92 Å². The van der Waals surface area contributed by atoms with Crippen LogP contribution in [0.15, 0.2) is 0 Å². The van der Waals surface area contributed by atoms with Crippen LogP contribution in [-0.4, -0.2) is 37.6 Å². The van der Waals surface area contributed by atoms with Crippen LogP contribution in [0.3, 0.4) is 0 Å². The normalized spacial score (nSPS) is 24.2. The molecule has 0 bridgehead atoms. The van der Waals surface area contributed by atoms with Gasteiger partial charge < -0.3 is 9.47 Å². The predicted octanol–water partition coefficient (Wildman–Crippen LogP) is 1.83. The molecule has 1 fully saturated rings. The molecular weight excluding hydrogens is 166 g/mol. The van der Waals surface area contributed by atoms with Crippen molar-refractivity contribution in [1.82, 2.24) is 4.90 Å². The Kier molecular flexibility index (Phi) is 4.70. The first-order valence-electron chi connectivity index (χ1n) is 5.16. The predicted molar refractivity (Wildman–Crippen MR) is 52.4 cm³/mol. The molecular formula is C10H21NO2. The van der Waals surface area contributed by atoms with Crippen molar-refractivity contribution >= 4 is 0 Å². The summed E-state index contributed by atoms with van der Waals surface area (Å²) in [5.41, 5.74) is 0. The van der Waals surface area contributed by atoms with Gasteiger partial charge in [0.25, 0.3) is 0 Å². The van der Waals surface area contributed by atoms with Gasteiger partial charge in [-0.25, -0.2) is 0 Å². The van der Waals surface area contributed by atoms with E-state index in [4.69, 9.17) is 9.47 Å². The van der Waals surface area contributed by atoms with E-state index in [0.29, 0.717) is 0 Å². The van der Waals surface area contributed by atoms with E-state index in [-0.39, 0.29) is 12.5 Å². The SMILES string of the molecule is COC(C)OC(C)N1CCCCC1. The van der Waals surface area contributed by atoms with E-state index in [1.165, 1.54) is 19.3 Å². The molecule has 2 atom stereocenters. The Morgan fingerprint density at radius 1 is 1.08 bits per heavy atom. The molecule has 3 nitrogen and oxygen atoms in total. The number of ether oxygens (including phenoxy) is 2. The van der Waals surface area contributed by atoms with E-state index >= 15 is 0 Å². The number of nitrogens with zero attached hydrogens (tertiary/aromatic N) is 1. The first-order chi connectivity index (χ1) is 6.24. The summed E-state index contributed by atoms with van der Waals surface area (Å²) in [6.45, 7) is 6.36. The van der Waals surface area contributed by atoms with Crippen LogP contribution in [0.25, 0.3) is 0 Å². The minimum absolute atomic E-state index is 0.100. The molecule has 78 valence electrons. The van der Waals surface area contributed by atoms with Gasteiger partial charge in [0, 0.05) is 20.2 Å². The fourth-order valence-electron chi connectivity index (χ4n) is 1.70. The lowest BCUT2D eigenvalue weighted by Gasteiger charge is -2.33. The van der Waals surface area contributed by atoms with E-state index in [1.54, 1.807) is 7.11 Å². The first-order valence-corrected chi connectivity index (χ1v) is 5.16. The Morgan fingerprint density at radius 2 is 1.69 bits per heavy atom. The Hall–Kier alpha value is -0.120. The minimum atomic E-state index is -0.100. The maximum Gasteiger partial charge on any atom is 0.156 e. The van der Waals surface area contributed by atoms with Crippen molar-refractivity contribution in [3.05, 3.63) is 0 Å². The van der Waals surface area contributed by atoms with Crippen molar-refractivity contribution in [3.63, 3.8) is 0 Å². The molecule has 1 aliphatic heterocycles. The molecule has 0 aromatic rings. The van der Waals surface area contributed by atoms with Crippen LogP contribution in [0, 0.1) is 0 Å². The molecule has 0 N–H and O–H groups in total. The van der Waals surface area contributed by atoms with Crippen LogP contribution in [0.1, 0.15) is 33.1 Å². The molecule has 0 radical (unpaired) electrons. The molecule has 0 aromatic carbocycles. The maximum atomic E-state index is 5.64. The summed E-state index contributed by atoms with van der Waals surface area (Å²) in [6.07, 6.45) is 4.06. The number of piperidine rings is 1. The van der Waals surface area contributed by atoms with Gasteiger partial charge in [-0.2, -0.15) is 0 Å². The van der Waals surface area contributed by atoms with Crippen LogP contribution in [0.5, 0.6) is 0 Å². The zero-order valence-electron chi connectivity index (χ0n) is 8.95. The molecule has 0 aliphatic carbocycles. The summed E-state index contributed by atoms with van der Waals surface area (Å²) in [5, 5.41) is 0. The van der Waals surface area contributed by atoms with E-state index in [9.17, 15) is 0 Å². The summed E-state index contributed by atoms with van der Waals surface area (Å²) >= 11 is 0. The Morgan fingerprint density at radius 3 is 2.23 bits per heavy atom. The van der Waals surface area contributed by atoms with Gasteiger partial charge in [0.05, 0.1) is 0 Å². The van der Waals surface area contributed by atoms with Gasteiger partial charge in [0.15, 0.2) is 6.29 Å². The van der Waals surface area contributed by atoms with Crippen LogP contribution in [0.2, 0.25) is 0 Å². The van der Waals surface area contributed by atoms with Crippen LogP contribution in [-0.2, 0) is 9.47 Å². The molecule has 2 unspecified atom stereocenters. The number of methoxy groups -OCH3 is 1. The standard InChI is InChI=1S/C10H21NO2/c1-9(13-10(2)12-3)11-7-5-4-6-8-11/h9-10H,4-8H2,1-3H3. The van der Waals surface area contributed by atoms with Crippen LogP contribution < -0.4 is 0 Å². The van der Waals surface area contributed by atoms with Gasteiger partial charge in [0.2, 0.25) is 0 Å². The van der Waals surface area contributed by atoms with Gasteiger partial charge >= 0.3 is 0 Å². The van der Waals surface area contributed by atoms with Crippen molar-refractivity contribution < 1.29 is 9.47 Å². The van der Waals surface area contributed by atoms with E-state index < -0.39 is 0 Å². The quantitative estimate of drug-likeness (QED) is 0.627. The van der Waals surface area contributed by atoms with Crippen molar-refractivity contribution in [3.8, 4) is 0 Å². The molecule has 0 spiro atoms. The molecule has 13 heavy (non-hydrogen) atoms. The van der Waals surface area contributed by atoms with Crippen molar-refractivity contribution in [2.75, 3.05) is 20.2 Å². The van der Waals surface area contributed by atoms with Crippen molar-refractivity contribution in [2.24, 2.45) is 0 Å². The van der Waals surface area contributed by atoms with Crippen molar-refractivity contribution in [1.29, 1.82) is 0 Å². The second-order valence-corrected chi connectivity index (χ2v) is 3.64. The van der Waals surface area contributed by atoms with Gasteiger partial charge in [0.1, 0.15) is 6.23 Å². The zero-order chi connectivity index (χ0) is 9.68. The summed E-state index contributed by atoms with van der Waals surface area (Å²) in [5.74, 6) is 0. The van der Waals surface area contributed by atoms with Gasteiger partial charge in [-0.3, -0.25) is 4.90 Å². The highest BCUT2D eigenvalue weighted by atomic mass is 16.7. The third-order valence-corrected chi connectivity index (χ3v) is 2.63. The number of likely N-dealkylation sites (tertiary alicyclic amines) is 1. The topological polar surface area (TPSA) is 21.7 Å². The number of hydrogen-bond acceptors (Lipinski definition) is 3. The first kappa shape index (κ1) is 11.0. The third-order valence-electron chi connectivity index (χ3n) is 2.63. The molecule has 3 heteroatoms. The van der Waals surface area contributed by atoms with Crippen LogP contribution in [0.4, 0.5) is 0 Å². The Labute approximate surface area is 81.0 Å². The van der Waals surface area contributed by atoms with Crippen molar-refractivity contribution in [2.45, 2.75) is 45.6 Å². The minimum Gasteiger partial charge on any atom is -0.356 e. The fraction of sp³-hybridized carbons (Fsp3) is 1.00. The molecule has 0 saturated carbocycles. The lowest BCUT2D eigenvalue weighted by Crippen LogP contribution is -2.40. The summed E-state index contributed by atoms with van der Waals surface area (Å²) in [7, 11) is 1.67.